The summed E-state index contributed by atoms with van der Waals surface area (Å²) in [6.45, 7) is 17.5. The van der Waals surface area contributed by atoms with E-state index in [4.69, 9.17) is 15.3 Å². The molecule has 0 fully saturated rings. The Hall–Kier alpha value is -4.24. The van der Waals surface area contributed by atoms with Crippen LogP contribution in [0.2, 0.25) is 0 Å². The SMILES string of the molecule is CCC(C)c1ccc(O)cc1.CCC(C)c1ccc(O)cc1.CCC(C)c1cccc(O)c1.CCC(C)c1cccc2ccccc12. The van der Waals surface area contributed by atoms with Crippen molar-refractivity contribution in [2.45, 2.75) is 105 Å². The largest absolute Gasteiger partial charge is 0.508 e. The Balaban J connectivity index is 0.000000219. The van der Waals surface area contributed by atoms with Crippen molar-refractivity contribution >= 4 is 10.8 Å². The molecule has 0 aliphatic rings. The van der Waals surface area contributed by atoms with Gasteiger partial charge in [0, 0.05) is 0 Å². The first-order valence-corrected chi connectivity index (χ1v) is 17.4. The van der Waals surface area contributed by atoms with E-state index >= 15 is 0 Å². The highest BCUT2D eigenvalue weighted by molar-refractivity contribution is 5.86. The molecule has 47 heavy (non-hydrogen) atoms. The van der Waals surface area contributed by atoms with Crippen LogP contribution in [0.5, 0.6) is 17.2 Å². The van der Waals surface area contributed by atoms with E-state index in [0.717, 1.165) is 19.3 Å². The third-order valence-corrected chi connectivity index (χ3v) is 9.17. The molecular weight excluding hydrogens is 576 g/mol. The average Bonchev–Trinajstić information content (AvgIpc) is 3.11. The quantitative estimate of drug-likeness (QED) is 0.159. The number of rotatable bonds is 8. The van der Waals surface area contributed by atoms with E-state index in [1.807, 2.05) is 42.5 Å². The van der Waals surface area contributed by atoms with E-state index < -0.39 is 0 Å². The van der Waals surface area contributed by atoms with Crippen LogP contribution in [0.1, 0.15) is 127 Å². The molecule has 4 unspecified atom stereocenters. The van der Waals surface area contributed by atoms with Crippen molar-refractivity contribution in [2.75, 3.05) is 0 Å². The number of hydrogen-bond acceptors (Lipinski definition) is 3. The van der Waals surface area contributed by atoms with Crippen LogP contribution in [0.15, 0.2) is 115 Å². The zero-order valence-corrected chi connectivity index (χ0v) is 29.9. The van der Waals surface area contributed by atoms with E-state index in [1.54, 1.807) is 30.3 Å². The monoisotopic (exact) mass is 634 g/mol. The van der Waals surface area contributed by atoms with Crippen molar-refractivity contribution < 1.29 is 15.3 Å². The van der Waals surface area contributed by atoms with Gasteiger partial charge in [0.2, 0.25) is 0 Å². The van der Waals surface area contributed by atoms with Crippen molar-refractivity contribution in [2.24, 2.45) is 0 Å². The zero-order chi connectivity index (χ0) is 34.8. The van der Waals surface area contributed by atoms with Gasteiger partial charge in [0.25, 0.3) is 0 Å². The third kappa shape index (κ3) is 13.2. The number of fused-ring (bicyclic) bond motifs is 1. The lowest BCUT2D eigenvalue weighted by atomic mass is 9.93. The van der Waals surface area contributed by atoms with Gasteiger partial charge in [0.15, 0.2) is 0 Å². The second-order valence-corrected chi connectivity index (χ2v) is 12.6. The van der Waals surface area contributed by atoms with Gasteiger partial charge in [-0.1, -0.05) is 134 Å². The summed E-state index contributed by atoms with van der Waals surface area (Å²) in [6.07, 6.45) is 4.60. The highest BCUT2D eigenvalue weighted by Gasteiger charge is 2.06. The van der Waals surface area contributed by atoms with Crippen LogP contribution in [0.3, 0.4) is 0 Å². The van der Waals surface area contributed by atoms with E-state index in [0.29, 0.717) is 40.9 Å². The van der Waals surface area contributed by atoms with Gasteiger partial charge in [-0.2, -0.15) is 0 Å². The Bertz CT molecular complexity index is 1500. The van der Waals surface area contributed by atoms with Gasteiger partial charge in [-0.25, -0.2) is 0 Å². The molecular formula is C44H58O3. The molecule has 0 saturated carbocycles. The zero-order valence-electron chi connectivity index (χ0n) is 29.9. The Morgan fingerprint density at radius 2 is 0.830 bits per heavy atom. The lowest BCUT2D eigenvalue weighted by molar-refractivity contribution is 0.473. The summed E-state index contributed by atoms with van der Waals surface area (Å²) in [5.74, 6) is 3.44. The Kier molecular flexibility index (Phi) is 17.2. The van der Waals surface area contributed by atoms with Gasteiger partial charge in [-0.3, -0.25) is 0 Å². The molecule has 5 aromatic rings. The van der Waals surface area contributed by atoms with Crippen molar-refractivity contribution in [3.63, 3.8) is 0 Å². The number of phenolic OH excluding ortho intramolecular Hbond substituents is 3. The number of benzene rings is 5. The van der Waals surface area contributed by atoms with Crippen molar-refractivity contribution in [1.82, 2.24) is 0 Å². The van der Waals surface area contributed by atoms with Crippen LogP contribution in [-0.4, -0.2) is 15.3 Å². The van der Waals surface area contributed by atoms with E-state index in [9.17, 15) is 0 Å². The van der Waals surface area contributed by atoms with Crippen LogP contribution in [0.25, 0.3) is 10.8 Å². The molecule has 0 aliphatic heterocycles. The minimum atomic E-state index is 0.344. The lowest BCUT2D eigenvalue weighted by Crippen LogP contribution is -1.92. The summed E-state index contributed by atoms with van der Waals surface area (Å²) >= 11 is 0. The maximum absolute atomic E-state index is 9.16. The molecule has 0 spiro atoms. The van der Waals surface area contributed by atoms with Crippen molar-refractivity contribution in [3.05, 3.63) is 138 Å². The molecule has 0 saturated heterocycles. The van der Waals surface area contributed by atoms with E-state index in [1.165, 1.54) is 39.4 Å². The van der Waals surface area contributed by atoms with Crippen molar-refractivity contribution in [3.8, 4) is 17.2 Å². The summed E-state index contributed by atoms with van der Waals surface area (Å²) in [5, 5.41) is 29.9. The Morgan fingerprint density at radius 3 is 1.30 bits per heavy atom. The fraction of sp³-hybridized carbons (Fsp3) is 0.364. The van der Waals surface area contributed by atoms with Gasteiger partial charge in [-0.05, 0) is 119 Å². The second kappa shape index (κ2) is 20.8. The fourth-order valence-corrected chi connectivity index (χ4v) is 5.04. The molecule has 0 bridgehead atoms. The molecule has 3 heteroatoms. The molecule has 4 atom stereocenters. The van der Waals surface area contributed by atoms with Gasteiger partial charge < -0.3 is 15.3 Å². The first-order chi connectivity index (χ1) is 22.5. The molecule has 0 amide bonds. The molecule has 0 heterocycles. The summed E-state index contributed by atoms with van der Waals surface area (Å²) in [4.78, 5) is 0. The average molecular weight is 635 g/mol. The van der Waals surface area contributed by atoms with E-state index in [-0.39, 0.29) is 0 Å². The minimum absolute atomic E-state index is 0.344. The molecule has 0 radical (unpaired) electrons. The standard InChI is InChI=1S/C14H16.3C10H14O/c1-3-11(2)13-10-6-8-12-7-4-5-9-14(12)13;2*1-3-8(2)9-4-6-10(11)7-5-9;1-3-8(2)9-5-4-6-10(11)7-9/h4-11H,3H2,1-2H3;3*4-8,11H,3H2,1-2H3. The van der Waals surface area contributed by atoms with Gasteiger partial charge >= 0.3 is 0 Å². The normalized spacial score (nSPS) is 12.9. The summed E-state index contributed by atoms with van der Waals surface area (Å²) in [5.41, 5.74) is 5.29. The molecule has 252 valence electrons. The summed E-state index contributed by atoms with van der Waals surface area (Å²) < 4.78 is 0. The minimum Gasteiger partial charge on any atom is -0.508 e. The summed E-state index contributed by atoms with van der Waals surface area (Å²) in [7, 11) is 0. The lowest BCUT2D eigenvalue weighted by Gasteiger charge is -2.12. The Morgan fingerprint density at radius 1 is 0.404 bits per heavy atom. The first kappa shape index (κ1) is 38.9. The highest BCUT2D eigenvalue weighted by Crippen LogP contribution is 2.27. The van der Waals surface area contributed by atoms with Gasteiger partial charge in [0.1, 0.15) is 17.2 Å². The number of phenols is 3. The third-order valence-electron chi connectivity index (χ3n) is 9.17. The molecule has 0 aliphatic carbocycles. The van der Waals surface area contributed by atoms with Crippen LogP contribution < -0.4 is 0 Å². The maximum atomic E-state index is 9.16. The van der Waals surface area contributed by atoms with Crippen LogP contribution in [0.4, 0.5) is 0 Å². The van der Waals surface area contributed by atoms with Crippen molar-refractivity contribution in [1.29, 1.82) is 0 Å². The number of aromatic hydroxyl groups is 3. The number of hydrogen-bond donors (Lipinski definition) is 3. The van der Waals surface area contributed by atoms with Gasteiger partial charge in [0.05, 0.1) is 0 Å². The summed E-state index contributed by atoms with van der Waals surface area (Å²) in [6, 6.07) is 37.5. The fourth-order valence-electron chi connectivity index (χ4n) is 5.04. The molecule has 5 aromatic carbocycles. The molecule has 3 nitrogen and oxygen atoms in total. The predicted molar refractivity (Wildman–Crippen MR) is 203 cm³/mol. The van der Waals surface area contributed by atoms with E-state index in [2.05, 4.69) is 97.9 Å². The highest BCUT2D eigenvalue weighted by atomic mass is 16.3. The molecule has 3 N–H and O–H groups in total. The second-order valence-electron chi connectivity index (χ2n) is 12.6. The van der Waals surface area contributed by atoms with Crippen LogP contribution in [0, 0.1) is 0 Å². The molecule has 5 rings (SSSR count). The Labute approximate surface area is 285 Å². The topological polar surface area (TPSA) is 60.7 Å². The first-order valence-electron chi connectivity index (χ1n) is 17.4. The molecule has 0 aromatic heterocycles. The maximum Gasteiger partial charge on any atom is 0.115 e. The smallest absolute Gasteiger partial charge is 0.115 e. The predicted octanol–water partition coefficient (Wildman–Crippen LogP) is 13.1. The van der Waals surface area contributed by atoms with Crippen LogP contribution in [-0.2, 0) is 0 Å². The van der Waals surface area contributed by atoms with Crippen LogP contribution >= 0.6 is 0 Å². The van der Waals surface area contributed by atoms with Gasteiger partial charge in [-0.15, -0.1) is 0 Å².